The van der Waals surface area contributed by atoms with Crippen LogP contribution in [0, 0.1) is 27.7 Å². The lowest BCUT2D eigenvalue weighted by Crippen LogP contribution is -2.15. The lowest BCUT2D eigenvalue weighted by atomic mass is 10.0. The molecular weight excluding hydrogens is 344 g/mol. The van der Waals surface area contributed by atoms with Gasteiger partial charge in [-0.1, -0.05) is 48.5 Å². The Morgan fingerprint density at radius 2 is 0.964 bits per heavy atom. The van der Waals surface area contributed by atoms with Crippen LogP contribution in [0.4, 0.5) is 11.4 Å². The summed E-state index contributed by atoms with van der Waals surface area (Å²) in [5.74, 6) is 0.934. The quantitative estimate of drug-likeness (QED) is 0.501. The summed E-state index contributed by atoms with van der Waals surface area (Å²) < 4.78 is 0. The monoisotopic (exact) mass is 370 g/mol. The minimum absolute atomic E-state index is 0.467. The SMILES string of the molecule is Cc1cccc(C(N)=Nc2ccccc2N=C(N)c2cccc(C)c2C)c1C. The van der Waals surface area contributed by atoms with Crippen molar-refractivity contribution in [3.8, 4) is 0 Å². The number of rotatable bonds is 4. The number of nitrogens with zero attached hydrogens (tertiary/aromatic N) is 2. The van der Waals surface area contributed by atoms with Gasteiger partial charge in [-0.05, 0) is 62.1 Å². The molecule has 4 heteroatoms. The van der Waals surface area contributed by atoms with Crippen molar-refractivity contribution in [1.29, 1.82) is 0 Å². The van der Waals surface area contributed by atoms with Gasteiger partial charge in [-0.25, -0.2) is 9.98 Å². The third-order valence-corrected chi connectivity index (χ3v) is 5.12. The normalized spacial score (nSPS) is 12.3. The van der Waals surface area contributed by atoms with Crippen LogP contribution in [0.25, 0.3) is 0 Å². The predicted molar refractivity (Wildman–Crippen MR) is 119 cm³/mol. The molecule has 0 aliphatic carbocycles. The average Bonchev–Trinajstić information content (AvgIpc) is 2.67. The molecule has 0 aliphatic heterocycles. The Morgan fingerprint density at radius 3 is 1.36 bits per heavy atom. The van der Waals surface area contributed by atoms with Gasteiger partial charge in [0, 0.05) is 11.1 Å². The zero-order chi connectivity index (χ0) is 20.3. The predicted octanol–water partition coefficient (Wildman–Crippen LogP) is 4.99. The number of amidine groups is 2. The highest BCUT2D eigenvalue weighted by molar-refractivity contribution is 6.03. The molecule has 0 radical (unpaired) electrons. The first-order chi connectivity index (χ1) is 13.4. The molecule has 0 fully saturated rings. The standard InChI is InChI=1S/C24H26N4/c1-15-9-7-11-19(17(15)3)23(25)27-21-13-5-6-14-22(21)28-24(26)20-12-8-10-16(2)18(20)4/h5-14H,1-4H3,(H2,25,27)(H2,26,28). The molecule has 4 N–H and O–H groups in total. The fourth-order valence-electron chi connectivity index (χ4n) is 3.09. The highest BCUT2D eigenvalue weighted by atomic mass is 14.9. The van der Waals surface area contributed by atoms with Gasteiger partial charge in [0.1, 0.15) is 11.7 Å². The topological polar surface area (TPSA) is 76.8 Å². The molecule has 0 bridgehead atoms. The van der Waals surface area contributed by atoms with Gasteiger partial charge in [-0.15, -0.1) is 0 Å². The fraction of sp³-hybridized carbons (Fsp3) is 0.167. The van der Waals surface area contributed by atoms with Crippen LogP contribution >= 0.6 is 0 Å². The second-order valence-electron chi connectivity index (χ2n) is 6.98. The van der Waals surface area contributed by atoms with Gasteiger partial charge in [0.25, 0.3) is 0 Å². The summed E-state index contributed by atoms with van der Waals surface area (Å²) >= 11 is 0. The molecule has 3 aromatic rings. The van der Waals surface area contributed by atoms with Crippen LogP contribution in [0.3, 0.4) is 0 Å². The van der Waals surface area contributed by atoms with Crippen LogP contribution in [0.15, 0.2) is 70.6 Å². The van der Waals surface area contributed by atoms with Gasteiger partial charge in [-0.2, -0.15) is 0 Å². The van der Waals surface area contributed by atoms with Crippen LogP contribution in [0.1, 0.15) is 33.4 Å². The first-order valence-electron chi connectivity index (χ1n) is 9.29. The molecular formula is C24H26N4. The molecule has 28 heavy (non-hydrogen) atoms. The van der Waals surface area contributed by atoms with Gasteiger partial charge >= 0.3 is 0 Å². The van der Waals surface area contributed by atoms with E-state index in [0.29, 0.717) is 23.0 Å². The van der Waals surface area contributed by atoms with E-state index >= 15 is 0 Å². The van der Waals surface area contributed by atoms with Gasteiger partial charge in [-0.3, -0.25) is 0 Å². The van der Waals surface area contributed by atoms with Gasteiger partial charge in [0.15, 0.2) is 0 Å². The van der Waals surface area contributed by atoms with Crippen LogP contribution < -0.4 is 11.5 Å². The van der Waals surface area contributed by atoms with E-state index in [4.69, 9.17) is 11.5 Å². The maximum Gasteiger partial charge on any atom is 0.131 e. The molecule has 142 valence electrons. The highest BCUT2D eigenvalue weighted by Crippen LogP contribution is 2.29. The largest absolute Gasteiger partial charge is 0.383 e. The van der Waals surface area contributed by atoms with E-state index in [9.17, 15) is 0 Å². The van der Waals surface area contributed by atoms with E-state index in [1.165, 1.54) is 11.1 Å². The number of nitrogens with two attached hydrogens (primary N) is 2. The van der Waals surface area contributed by atoms with Crippen molar-refractivity contribution >= 4 is 23.0 Å². The Bertz CT molecular complexity index is 991. The molecule has 0 aromatic heterocycles. The van der Waals surface area contributed by atoms with Gasteiger partial charge in [0.2, 0.25) is 0 Å². The molecule has 0 saturated carbocycles. The fourth-order valence-corrected chi connectivity index (χ4v) is 3.09. The second kappa shape index (κ2) is 8.09. The van der Waals surface area contributed by atoms with E-state index in [1.807, 2.05) is 48.5 Å². The van der Waals surface area contributed by atoms with Gasteiger partial charge in [0.05, 0.1) is 11.4 Å². The van der Waals surface area contributed by atoms with Gasteiger partial charge < -0.3 is 11.5 Å². The van der Waals surface area contributed by atoms with E-state index in [1.54, 1.807) is 0 Å². The summed E-state index contributed by atoms with van der Waals surface area (Å²) in [4.78, 5) is 9.30. The molecule has 0 unspecified atom stereocenters. The Hall–Kier alpha value is -3.40. The van der Waals surface area contributed by atoms with Crippen molar-refractivity contribution in [2.75, 3.05) is 0 Å². The van der Waals surface area contributed by atoms with Crippen molar-refractivity contribution < 1.29 is 0 Å². The molecule has 0 heterocycles. The summed E-state index contributed by atoms with van der Waals surface area (Å²) in [6.45, 7) is 8.23. The third kappa shape index (κ3) is 3.96. The van der Waals surface area contributed by atoms with Crippen LogP contribution in [0.5, 0.6) is 0 Å². The molecule has 0 amide bonds. The molecule has 0 spiro atoms. The number of aliphatic imine (C=N–C) groups is 2. The van der Waals surface area contributed by atoms with Crippen molar-refractivity contribution in [2.45, 2.75) is 27.7 Å². The summed E-state index contributed by atoms with van der Waals surface area (Å²) in [7, 11) is 0. The Balaban J connectivity index is 2.04. The van der Waals surface area contributed by atoms with Crippen LogP contribution in [-0.2, 0) is 0 Å². The van der Waals surface area contributed by atoms with E-state index in [-0.39, 0.29) is 0 Å². The molecule has 3 aromatic carbocycles. The minimum Gasteiger partial charge on any atom is -0.383 e. The number of para-hydroxylation sites is 2. The van der Waals surface area contributed by atoms with E-state index < -0.39 is 0 Å². The zero-order valence-corrected chi connectivity index (χ0v) is 16.8. The van der Waals surface area contributed by atoms with Crippen molar-refractivity contribution in [2.24, 2.45) is 21.5 Å². The van der Waals surface area contributed by atoms with E-state index in [0.717, 1.165) is 22.3 Å². The number of hydrogen-bond donors (Lipinski definition) is 2. The maximum absolute atomic E-state index is 6.32. The lowest BCUT2D eigenvalue weighted by Gasteiger charge is -2.10. The van der Waals surface area contributed by atoms with E-state index in [2.05, 4.69) is 49.8 Å². The third-order valence-electron chi connectivity index (χ3n) is 5.12. The van der Waals surface area contributed by atoms with Crippen molar-refractivity contribution in [1.82, 2.24) is 0 Å². The smallest absolute Gasteiger partial charge is 0.131 e. The lowest BCUT2D eigenvalue weighted by molar-refractivity contribution is 1.30. The molecule has 0 aliphatic rings. The number of benzene rings is 3. The summed E-state index contributed by atoms with van der Waals surface area (Å²) in [5.41, 5.74) is 20.5. The summed E-state index contributed by atoms with van der Waals surface area (Å²) in [6, 6.07) is 19.7. The first kappa shape index (κ1) is 19.4. The molecule has 3 rings (SSSR count). The highest BCUT2D eigenvalue weighted by Gasteiger charge is 2.09. The Morgan fingerprint density at radius 1 is 0.571 bits per heavy atom. The summed E-state index contributed by atoms with van der Waals surface area (Å²) in [5, 5.41) is 0. The first-order valence-corrected chi connectivity index (χ1v) is 9.29. The number of aryl methyl sites for hydroxylation is 2. The molecule has 4 nitrogen and oxygen atoms in total. The minimum atomic E-state index is 0.467. The van der Waals surface area contributed by atoms with Crippen LogP contribution in [0.2, 0.25) is 0 Å². The Labute approximate surface area is 166 Å². The van der Waals surface area contributed by atoms with Crippen LogP contribution in [-0.4, -0.2) is 11.7 Å². The zero-order valence-electron chi connectivity index (χ0n) is 16.8. The van der Waals surface area contributed by atoms with Crippen molar-refractivity contribution in [3.63, 3.8) is 0 Å². The number of hydrogen-bond acceptors (Lipinski definition) is 2. The Kier molecular flexibility index (Phi) is 5.59. The average molecular weight is 371 g/mol. The summed E-state index contributed by atoms with van der Waals surface area (Å²) in [6.07, 6.45) is 0. The second-order valence-corrected chi connectivity index (χ2v) is 6.98. The molecule has 0 atom stereocenters. The maximum atomic E-state index is 6.32. The van der Waals surface area contributed by atoms with Crippen molar-refractivity contribution in [3.05, 3.63) is 94.0 Å². The molecule has 0 saturated heterocycles.